The largest absolute Gasteiger partial charge is 0.370 e. The Hall–Kier alpha value is -1.61. The molecule has 0 unspecified atom stereocenters. The molecule has 94 valence electrons. The predicted octanol–water partition coefficient (Wildman–Crippen LogP) is 2.34. The molecule has 1 aromatic carbocycles. The quantitative estimate of drug-likeness (QED) is 0.830. The molecule has 1 saturated heterocycles. The molecule has 1 aromatic heterocycles. The van der Waals surface area contributed by atoms with Crippen molar-refractivity contribution in [3.05, 3.63) is 36.0 Å². The highest BCUT2D eigenvalue weighted by Crippen LogP contribution is 2.26. The molecule has 1 aliphatic heterocycles. The summed E-state index contributed by atoms with van der Waals surface area (Å²) in [5.41, 5.74) is 3.53. The van der Waals surface area contributed by atoms with E-state index in [2.05, 4.69) is 52.5 Å². The van der Waals surface area contributed by atoms with Crippen molar-refractivity contribution in [1.29, 1.82) is 0 Å². The molecular weight excluding hydrogens is 222 g/mol. The highest BCUT2D eigenvalue weighted by Gasteiger charge is 2.13. The van der Waals surface area contributed by atoms with Gasteiger partial charge in [0.05, 0.1) is 5.52 Å². The van der Waals surface area contributed by atoms with Crippen LogP contribution in [0.15, 0.2) is 30.3 Å². The SMILES string of the molecule is Cc1cc(N2CCCNCC2)c2ccccc2n1. The molecule has 0 bridgehead atoms. The van der Waals surface area contributed by atoms with Crippen molar-refractivity contribution in [1.82, 2.24) is 10.3 Å². The first-order valence-corrected chi connectivity index (χ1v) is 6.67. The highest BCUT2D eigenvalue weighted by atomic mass is 15.2. The summed E-state index contributed by atoms with van der Waals surface area (Å²) in [6.07, 6.45) is 1.20. The van der Waals surface area contributed by atoms with Crippen molar-refractivity contribution in [2.45, 2.75) is 13.3 Å². The van der Waals surface area contributed by atoms with Crippen LogP contribution in [0.3, 0.4) is 0 Å². The molecule has 3 rings (SSSR count). The van der Waals surface area contributed by atoms with Gasteiger partial charge in [0.25, 0.3) is 0 Å². The summed E-state index contributed by atoms with van der Waals surface area (Å²) in [6, 6.07) is 10.6. The average molecular weight is 241 g/mol. The molecule has 0 radical (unpaired) electrons. The molecule has 0 aliphatic carbocycles. The van der Waals surface area contributed by atoms with Crippen LogP contribution in [0.5, 0.6) is 0 Å². The maximum absolute atomic E-state index is 4.61. The number of nitrogens with one attached hydrogen (secondary N) is 1. The molecule has 3 nitrogen and oxygen atoms in total. The van der Waals surface area contributed by atoms with Gasteiger partial charge in [0.2, 0.25) is 0 Å². The first-order valence-electron chi connectivity index (χ1n) is 6.67. The zero-order valence-corrected chi connectivity index (χ0v) is 10.8. The minimum Gasteiger partial charge on any atom is -0.370 e. The summed E-state index contributed by atoms with van der Waals surface area (Å²) in [6.45, 7) is 6.47. The van der Waals surface area contributed by atoms with Crippen LogP contribution in [0.2, 0.25) is 0 Å². The smallest absolute Gasteiger partial charge is 0.0726 e. The summed E-state index contributed by atoms with van der Waals surface area (Å²) in [4.78, 5) is 7.10. The summed E-state index contributed by atoms with van der Waals surface area (Å²) >= 11 is 0. The maximum atomic E-state index is 4.61. The number of pyridine rings is 1. The third-order valence-corrected chi connectivity index (χ3v) is 3.50. The standard InChI is InChI=1S/C15H19N3/c1-12-11-15(18-9-4-7-16-8-10-18)13-5-2-3-6-14(13)17-12/h2-3,5-6,11,16H,4,7-10H2,1H3. The first-order chi connectivity index (χ1) is 8.84. The van der Waals surface area contributed by atoms with Crippen LogP contribution in [0.25, 0.3) is 10.9 Å². The second-order valence-corrected chi connectivity index (χ2v) is 4.89. The summed E-state index contributed by atoms with van der Waals surface area (Å²) < 4.78 is 0. The molecule has 0 spiro atoms. The van der Waals surface area contributed by atoms with Crippen molar-refractivity contribution in [3.8, 4) is 0 Å². The van der Waals surface area contributed by atoms with Crippen molar-refractivity contribution in [2.24, 2.45) is 0 Å². The van der Waals surface area contributed by atoms with E-state index >= 15 is 0 Å². The van der Waals surface area contributed by atoms with E-state index in [0.717, 1.165) is 37.4 Å². The molecule has 1 aliphatic rings. The minimum absolute atomic E-state index is 1.07. The third kappa shape index (κ3) is 2.18. The fraction of sp³-hybridized carbons (Fsp3) is 0.400. The number of hydrogen-bond acceptors (Lipinski definition) is 3. The van der Waals surface area contributed by atoms with Gasteiger partial charge < -0.3 is 10.2 Å². The molecule has 0 amide bonds. The number of rotatable bonds is 1. The number of nitrogens with zero attached hydrogens (tertiary/aromatic N) is 2. The number of anilines is 1. The number of aromatic nitrogens is 1. The number of benzene rings is 1. The third-order valence-electron chi connectivity index (χ3n) is 3.50. The zero-order valence-electron chi connectivity index (χ0n) is 10.8. The minimum atomic E-state index is 1.07. The number of aryl methyl sites for hydroxylation is 1. The Bertz CT molecular complexity index is 542. The van der Waals surface area contributed by atoms with Gasteiger partial charge in [0, 0.05) is 36.4 Å². The summed E-state index contributed by atoms with van der Waals surface area (Å²) in [5.74, 6) is 0. The Morgan fingerprint density at radius 3 is 3.00 bits per heavy atom. The Morgan fingerprint density at radius 1 is 1.17 bits per heavy atom. The van der Waals surface area contributed by atoms with Gasteiger partial charge in [-0.2, -0.15) is 0 Å². The Kier molecular flexibility index (Phi) is 3.15. The van der Waals surface area contributed by atoms with E-state index in [0.29, 0.717) is 0 Å². The van der Waals surface area contributed by atoms with E-state index in [4.69, 9.17) is 0 Å². The molecular formula is C15H19N3. The fourth-order valence-electron chi connectivity index (χ4n) is 2.63. The average Bonchev–Trinajstić information content (AvgIpc) is 2.66. The Morgan fingerprint density at radius 2 is 2.06 bits per heavy atom. The van der Waals surface area contributed by atoms with Crippen LogP contribution >= 0.6 is 0 Å². The van der Waals surface area contributed by atoms with Crippen LogP contribution < -0.4 is 10.2 Å². The van der Waals surface area contributed by atoms with E-state index in [-0.39, 0.29) is 0 Å². The number of fused-ring (bicyclic) bond motifs is 1. The van der Waals surface area contributed by atoms with E-state index in [1.54, 1.807) is 0 Å². The van der Waals surface area contributed by atoms with Crippen molar-refractivity contribution in [2.75, 3.05) is 31.1 Å². The lowest BCUT2D eigenvalue weighted by Crippen LogP contribution is -2.28. The monoisotopic (exact) mass is 241 g/mol. The van der Waals surface area contributed by atoms with Gasteiger partial charge in [0.1, 0.15) is 0 Å². The molecule has 2 aromatic rings. The van der Waals surface area contributed by atoms with E-state index < -0.39 is 0 Å². The molecule has 3 heteroatoms. The molecule has 0 atom stereocenters. The van der Waals surface area contributed by atoms with Gasteiger partial charge >= 0.3 is 0 Å². The van der Waals surface area contributed by atoms with Gasteiger partial charge in [0.15, 0.2) is 0 Å². The predicted molar refractivity (Wildman–Crippen MR) is 76.2 cm³/mol. The second kappa shape index (κ2) is 4.94. The molecule has 0 saturated carbocycles. The van der Waals surface area contributed by atoms with Crippen molar-refractivity contribution >= 4 is 16.6 Å². The van der Waals surface area contributed by atoms with Crippen LogP contribution in [-0.4, -0.2) is 31.2 Å². The van der Waals surface area contributed by atoms with Gasteiger partial charge in [-0.25, -0.2) is 0 Å². The Balaban J connectivity index is 2.08. The Labute approximate surface area is 108 Å². The van der Waals surface area contributed by atoms with Crippen molar-refractivity contribution in [3.63, 3.8) is 0 Å². The van der Waals surface area contributed by atoms with Crippen LogP contribution in [0, 0.1) is 6.92 Å². The van der Waals surface area contributed by atoms with Gasteiger partial charge in [-0.05, 0) is 32.0 Å². The summed E-state index contributed by atoms with van der Waals surface area (Å²) in [7, 11) is 0. The zero-order chi connectivity index (χ0) is 12.4. The normalized spacial score (nSPS) is 16.8. The number of hydrogen-bond donors (Lipinski definition) is 1. The second-order valence-electron chi connectivity index (χ2n) is 4.89. The van der Waals surface area contributed by atoms with Gasteiger partial charge in [-0.1, -0.05) is 18.2 Å². The van der Waals surface area contributed by atoms with E-state index in [9.17, 15) is 0 Å². The molecule has 2 heterocycles. The number of para-hydroxylation sites is 1. The lowest BCUT2D eigenvalue weighted by molar-refractivity contribution is 0.724. The molecule has 18 heavy (non-hydrogen) atoms. The lowest BCUT2D eigenvalue weighted by atomic mass is 10.1. The van der Waals surface area contributed by atoms with Crippen LogP contribution in [0.1, 0.15) is 12.1 Å². The van der Waals surface area contributed by atoms with E-state index in [1.165, 1.54) is 17.5 Å². The molecule has 1 N–H and O–H groups in total. The van der Waals surface area contributed by atoms with Gasteiger partial charge in [-0.15, -0.1) is 0 Å². The fourth-order valence-corrected chi connectivity index (χ4v) is 2.63. The van der Waals surface area contributed by atoms with Crippen LogP contribution in [0.4, 0.5) is 5.69 Å². The topological polar surface area (TPSA) is 28.2 Å². The lowest BCUT2D eigenvalue weighted by Gasteiger charge is -2.24. The highest BCUT2D eigenvalue weighted by molar-refractivity contribution is 5.91. The summed E-state index contributed by atoms with van der Waals surface area (Å²) in [5, 5.41) is 4.72. The van der Waals surface area contributed by atoms with Crippen molar-refractivity contribution < 1.29 is 0 Å². The van der Waals surface area contributed by atoms with E-state index in [1.807, 2.05) is 0 Å². The van der Waals surface area contributed by atoms with Crippen LogP contribution in [-0.2, 0) is 0 Å². The maximum Gasteiger partial charge on any atom is 0.0726 e. The molecule has 1 fully saturated rings. The van der Waals surface area contributed by atoms with Gasteiger partial charge in [-0.3, -0.25) is 4.98 Å². The first kappa shape index (κ1) is 11.5.